The van der Waals surface area contributed by atoms with Gasteiger partial charge in [0.2, 0.25) is 5.88 Å². The molecule has 2 aromatic rings. The highest BCUT2D eigenvalue weighted by Gasteiger charge is 2.22. The van der Waals surface area contributed by atoms with Crippen molar-refractivity contribution in [2.45, 2.75) is 25.9 Å². The van der Waals surface area contributed by atoms with Crippen molar-refractivity contribution in [2.24, 2.45) is 0 Å². The summed E-state index contributed by atoms with van der Waals surface area (Å²) >= 11 is 0. The van der Waals surface area contributed by atoms with Crippen LogP contribution in [-0.2, 0) is 6.42 Å². The molecule has 1 aliphatic heterocycles. The van der Waals surface area contributed by atoms with E-state index in [1.165, 1.54) is 6.07 Å². The van der Waals surface area contributed by atoms with Gasteiger partial charge in [0.1, 0.15) is 5.82 Å². The van der Waals surface area contributed by atoms with Crippen LogP contribution in [0.15, 0.2) is 18.2 Å². The lowest BCUT2D eigenvalue weighted by molar-refractivity contribution is 0.185. The van der Waals surface area contributed by atoms with Gasteiger partial charge in [-0.2, -0.15) is 0 Å². The molecule has 3 rings (SSSR count). The average molecular weight is 232 g/mol. The van der Waals surface area contributed by atoms with Gasteiger partial charge in [-0.25, -0.2) is 9.37 Å². The Morgan fingerprint density at radius 2 is 2.29 bits per heavy atom. The summed E-state index contributed by atoms with van der Waals surface area (Å²) in [4.78, 5) is 4.35. The second-order valence-corrected chi connectivity index (χ2v) is 4.41. The Kier molecular flexibility index (Phi) is 2.18. The Balaban J connectivity index is 2.33. The molecule has 0 amide bonds. The number of nitrogens with two attached hydrogens (primary N) is 1. The summed E-state index contributed by atoms with van der Waals surface area (Å²) in [7, 11) is 0. The van der Waals surface area contributed by atoms with Gasteiger partial charge >= 0.3 is 0 Å². The first-order valence-electron chi connectivity index (χ1n) is 5.70. The zero-order chi connectivity index (χ0) is 12.0. The molecule has 1 aromatic heterocycles. The van der Waals surface area contributed by atoms with Crippen molar-refractivity contribution < 1.29 is 9.13 Å². The van der Waals surface area contributed by atoms with E-state index >= 15 is 0 Å². The third-order valence-corrected chi connectivity index (χ3v) is 3.18. The third-order valence-electron chi connectivity index (χ3n) is 3.18. The maximum absolute atomic E-state index is 13.7. The standard InChI is InChI=1S/C13H13FN2O/c1-7-5-6-8-12(15)11-9(14)3-2-4-10(11)16-13(8)17-7/h2-4,7H,5-6H2,1H3,(H2,15,16). The van der Waals surface area contributed by atoms with Crippen LogP contribution in [0.3, 0.4) is 0 Å². The second kappa shape index (κ2) is 3.58. The van der Waals surface area contributed by atoms with E-state index < -0.39 is 0 Å². The molecule has 0 bridgehead atoms. The van der Waals surface area contributed by atoms with Gasteiger partial charge in [-0.1, -0.05) is 6.07 Å². The van der Waals surface area contributed by atoms with Crippen molar-refractivity contribution in [3.63, 3.8) is 0 Å². The molecule has 1 atom stereocenters. The summed E-state index contributed by atoms with van der Waals surface area (Å²) in [6.45, 7) is 2.00. The fourth-order valence-corrected chi connectivity index (χ4v) is 2.25. The van der Waals surface area contributed by atoms with Crippen LogP contribution in [-0.4, -0.2) is 11.1 Å². The number of halogens is 1. The molecule has 17 heavy (non-hydrogen) atoms. The highest BCUT2D eigenvalue weighted by Crippen LogP contribution is 2.36. The maximum Gasteiger partial charge on any atom is 0.219 e. The van der Waals surface area contributed by atoms with Crippen LogP contribution in [0.1, 0.15) is 18.9 Å². The number of aromatic nitrogens is 1. The summed E-state index contributed by atoms with van der Waals surface area (Å²) in [5.74, 6) is 0.230. The minimum absolute atomic E-state index is 0.139. The van der Waals surface area contributed by atoms with E-state index in [2.05, 4.69) is 4.98 Å². The van der Waals surface area contributed by atoms with Crippen LogP contribution in [0.25, 0.3) is 10.9 Å². The fraction of sp³-hybridized carbons (Fsp3) is 0.308. The topological polar surface area (TPSA) is 48.1 Å². The molecule has 4 heteroatoms. The van der Waals surface area contributed by atoms with E-state index in [1.54, 1.807) is 12.1 Å². The van der Waals surface area contributed by atoms with E-state index in [9.17, 15) is 4.39 Å². The molecule has 2 heterocycles. The summed E-state index contributed by atoms with van der Waals surface area (Å²) in [6, 6.07) is 4.78. The SMILES string of the molecule is CC1CCc2c(nc3cccc(F)c3c2N)O1. The van der Waals surface area contributed by atoms with Crippen LogP contribution in [0.5, 0.6) is 5.88 Å². The molecule has 0 radical (unpaired) electrons. The van der Waals surface area contributed by atoms with Gasteiger partial charge in [0, 0.05) is 5.56 Å². The van der Waals surface area contributed by atoms with E-state index in [1.807, 2.05) is 6.92 Å². The smallest absolute Gasteiger partial charge is 0.219 e. The molecule has 88 valence electrons. The van der Waals surface area contributed by atoms with Crippen LogP contribution in [0.4, 0.5) is 10.1 Å². The van der Waals surface area contributed by atoms with Gasteiger partial charge in [-0.3, -0.25) is 0 Å². The van der Waals surface area contributed by atoms with Crippen LogP contribution >= 0.6 is 0 Å². The summed E-state index contributed by atoms with van der Waals surface area (Å²) < 4.78 is 19.4. The number of ether oxygens (including phenoxy) is 1. The minimum atomic E-state index is -0.325. The van der Waals surface area contributed by atoms with E-state index in [0.29, 0.717) is 22.5 Å². The normalized spacial score (nSPS) is 18.8. The van der Waals surface area contributed by atoms with E-state index in [4.69, 9.17) is 10.5 Å². The van der Waals surface area contributed by atoms with Gasteiger partial charge in [-0.15, -0.1) is 0 Å². The molecule has 1 unspecified atom stereocenters. The summed E-state index contributed by atoms with van der Waals surface area (Å²) in [6.07, 6.45) is 1.82. The number of hydrogen-bond donors (Lipinski definition) is 1. The van der Waals surface area contributed by atoms with Gasteiger partial charge in [0.05, 0.1) is 22.7 Å². The fourth-order valence-electron chi connectivity index (χ4n) is 2.25. The number of hydrogen-bond acceptors (Lipinski definition) is 3. The predicted octanol–water partition coefficient (Wildman–Crippen LogP) is 2.67. The van der Waals surface area contributed by atoms with Crippen molar-refractivity contribution in [1.82, 2.24) is 4.98 Å². The molecule has 1 aliphatic rings. The third kappa shape index (κ3) is 1.52. The van der Waals surface area contributed by atoms with Crippen molar-refractivity contribution in [2.75, 3.05) is 5.73 Å². The molecule has 2 N–H and O–H groups in total. The first-order chi connectivity index (χ1) is 8.16. The summed E-state index contributed by atoms with van der Waals surface area (Å²) in [5, 5.41) is 0.407. The van der Waals surface area contributed by atoms with Crippen molar-refractivity contribution in [1.29, 1.82) is 0 Å². The largest absolute Gasteiger partial charge is 0.474 e. The predicted molar refractivity (Wildman–Crippen MR) is 64.5 cm³/mol. The van der Waals surface area contributed by atoms with E-state index in [0.717, 1.165) is 18.4 Å². The lowest BCUT2D eigenvalue weighted by Gasteiger charge is -2.24. The highest BCUT2D eigenvalue weighted by atomic mass is 19.1. The molecule has 0 fully saturated rings. The number of pyridine rings is 1. The Morgan fingerprint density at radius 1 is 1.47 bits per heavy atom. The molecule has 0 spiro atoms. The summed E-state index contributed by atoms with van der Waals surface area (Å²) in [5.41, 5.74) is 7.88. The van der Waals surface area contributed by atoms with Gasteiger partial charge < -0.3 is 10.5 Å². The lowest BCUT2D eigenvalue weighted by atomic mass is 10.0. The molecule has 0 aliphatic carbocycles. The number of rotatable bonds is 0. The van der Waals surface area contributed by atoms with Crippen LogP contribution < -0.4 is 10.5 Å². The van der Waals surface area contributed by atoms with Crippen molar-refractivity contribution >= 4 is 16.6 Å². The van der Waals surface area contributed by atoms with Crippen molar-refractivity contribution in [3.8, 4) is 5.88 Å². The highest BCUT2D eigenvalue weighted by molar-refractivity contribution is 5.93. The molecule has 1 aromatic carbocycles. The molecule has 0 saturated heterocycles. The van der Waals surface area contributed by atoms with Crippen LogP contribution in [0, 0.1) is 5.82 Å². The van der Waals surface area contributed by atoms with Gasteiger partial charge in [0.15, 0.2) is 0 Å². The first-order valence-corrected chi connectivity index (χ1v) is 5.70. The number of nitrogen functional groups attached to an aromatic ring is 1. The Bertz CT molecular complexity index is 597. The lowest BCUT2D eigenvalue weighted by Crippen LogP contribution is -2.21. The number of fused-ring (bicyclic) bond motifs is 2. The van der Waals surface area contributed by atoms with Crippen LogP contribution in [0.2, 0.25) is 0 Å². The molecular formula is C13H13FN2O. The number of nitrogens with zero attached hydrogens (tertiary/aromatic N) is 1. The Labute approximate surface area is 98.4 Å². The van der Waals surface area contributed by atoms with Gasteiger partial charge in [0.25, 0.3) is 0 Å². The molecule has 3 nitrogen and oxygen atoms in total. The Hall–Kier alpha value is -1.84. The number of benzene rings is 1. The average Bonchev–Trinajstić information content (AvgIpc) is 2.28. The maximum atomic E-state index is 13.7. The first kappa shape index (κ1) is 10.3. The zero-order valence-electron chi connectivity index (χ0n) is 9.53. The quantitative estimate of drug-likeness (QED) is 0.759. The van der Waals surface area contributed by atoms with Crippen molar-refractivity contribution in [3.05, 3.63) is 29.6 Å². The number of anilines is 1. The second-order valence-electron chi connectivity index (χ2n) is 4.41. The minimum Gasteiger partial charge on any atom is -0.474 e. The van der Waals surface area contributed by atoms with Gasteiger partial charge in [-0.05, 0) is 31.9 Å². The van der Waals surface area contributed by atoms with E-state index in [-0.39, 0.29) is 11.9 Å². The zero-order valence-corrected chi connectivity index (χ0v) is 9.53. The Morgan fingerprint density at radius 3 is 3.12 bits per heavy atom. The molecular weight excluding hydrogens is 219 g/mol. The molecule has 0 saturated carbocycles. The monoisotopic (exact) mass is 232 g/mol.